The van der Waals surface area contributed by atoms with Crippen LogP contribution in [0.25, 0.3) is 0 Å². The summed E-state index contributed by atoms with van der Waals surface area (Å²) in [6.45, 7) is 2.88. The van der Waals surface area contributed by atoms with E-state index in [-0.39, 0.29) is 6.04 Å². The van der Waals surface area contributed by atoms with E-state index in [1.807, 2.05) is 6.92 Å². The first-order chi connectivity index (χ1) is 8.97. The number of rotatable bonds is 4. The van der Waals surface area contributed by atoms with Crippen molar-refractivity contribution in [3.8, 4) is 0 Å². The molecule has 0 amide bonds. The minimum atomic E-state index is 0.0588. The summed E-state index contributed by atoms with van der Waals surface area (Å²) >= 11 is 8.84. The fourth-order valence-electron chi connectivity index (χ4n) is 1.90. The van der Waals surface area contributed by atoms with Crippen LogP contribution in [0.15, 0.2) is 37.9 Å². The van der Waals surface area contributed by atoms with Crippen LogP contribution in [0, 0.1) is 0 Å². The molecule has 19 heavy (non-hydrogen) atoms. The average Bonchev–Trinajstić information content (AvgIpc) is 2.74. The van der Waals surface area contributed by atoms with Crippen LogP contribution < -0.4 is 10.6 Å². The van der Waals surface area contributed by atoms with Gasteiger partial charge in [0.15, 0.2) is 0 Å². The SMILES string of the molecule is C[C@H](N)c1ccc(N(C)Cc2csc(Br)c2)c(Br)c1. The Morgan fingerprint density at radius 2 is 2.05 bits per heavy atom. The van der Waals surface area contributed by atoms with Gasteiger partial charge in [-0.05, 0) is 73.5 Å². The fourth-order valence-corrected chi connectivity index (χ4v) is 3.80. The first-order valence-corrected chi connectivity index (χ1v) is 8.43. The number of thiophene rings is 1. The van der Waals surface area contributed by atoms with E-state index in [1.165, 1.54) is 15.0 Å². The Morgan fingerprint density at radius 3 is 2.58 bits per heavy atom. The number of halogens is 2. The van der Waals surface area contributed by atoms with Crippen LogP contribution >= 0.6 is 43.2 Å². The number of anilines is 1. The van der Waals surface area contributed by atoms with Crippen molar-refractivity contribution < 1.29 is 0 Å². The molecule has 0 bridgehead atoms. The van der Waals surface area contributed by atoms with Crippen molar-refractivity contribution in [3.63, 3.8) is 0 Å². The summed E-state index contributed by atoms with van der Waals surface area (Å²) in [5.41, 5.74) is 9.52. The van der Waals surface area contributed by atoms with Crippen molar-refractivity contribution in [1.82, 2.24) is 0 Å². The van der Waals surface area contributed by atoms with Gasteiger partial charge in [0.05, 0.1) is 9.47 Å². The lowest BCUT2D eigenvalue weighted by atomic mass is 10.1. The van der Waals surface area contributed by atoms with Gasteiger partial charge < -0.3 is 10.6 Å². The zero-order valence-electron chi connectivity index (χ0n) is 10.9. The molecule has 102 valence electrons. The van der Waals surface area contributed by atoms with Crippen LogP contribution in [0.2, 0.25) is 0 Å². The number of nitrogens with two attached hydrogens (primary N) is 1. The molecule has 1 heterocycles. The highest BCUT2D eigenvalue weighted by atomic mass is 79.9. The molecule has 0 spiro atoms. The molecule has 0 radical (unpaired) electrons. The van der Waals surface area contributed by atoms with Crippen LogP contribution in [-0.4, -0.2) is 7.05 Å². The topological polar surface area (TPSA) is 29.3 Å². The standard InChI is InChI=1S/C14H16Br2N2S/c1-9(17)11-3-4-13(12(15)6-11)18(2)7-10-5-14(16)19-8-10/h3-6,8-9H,7,17H2,1-2H3/t9-/m0/s1. The van der Waals surface area contributed by atoms with Crippen LogP contribution in [0.5, 0.6) is 0 Å². The molecule has 1 atom stereocenters. The number of nitrogens with zero attached hydrogens (tertiary/aromatic N) is 1. The zero-order valence-corrected chi connectivity index (χ0v) is 14.8. The lowest BCUT2D eigenvalue weighted by Crippen LogP contribution is -2.16. The second-order valence-electron chi connectivity index (χ2n) is 4.61. The monoisotopic (exact) mass is 402 g/mol. The third-order valence-corrected chi connectivity index (χ3v) is 5.14. The maximum atomic E-state index is 5.90. The van der Waals surface area contributed by atoms with Gasteiger partial charge in [-0.15, -0.1) is 11.3 Å². The highest BCUT2D eigenvalue weighted by molar-refractivity contribution is 9.11. The van der Waals surface area contributed by atoms with E-state index in [2.05, 4.69) is 73.5 Å². The maximum absolute atomic E-state index is 5.90. The van der Waals surface area contributed by atoms with E-state index in [1.54, 1.807) is 11.3 Å². The number of hydrogen-bond donors (Lipinski definition) is 1. The lowest BCUT2D eigenvalue weighted by molar-refractivity contribution is 0.816. The van der Waals surface area contributed by atoms with Crippen molar-refractivity contribution in [3.05, 3.63) is 49.0 Å². The second kappa shape index (κ2) is 6.39. The molecule has 0 fully saturated rings. The van der Waals surface area contributed by atoms with E-state index in [0.717, 1.165) is 16.6 Å². The molecule has 0 aliphatic heterocycles. The summed E-state index contributed by atoms with van der Waals surface area (Å²) in [5.74, 6) is 0. The minimum Gasteiger partial charge on any atom is -0.369 e. The molecular formula is C14H16Br2N2S. The second-order valence-corrected chi connectivity index (χ2v) is 7.76. The maximum Gasteiger partial charge on any atom is 0.0701 e. The van der Waals surface area contributed by atoms with Gasteiger partial charge in [0.1, 0.15) is 0 Å². The van der Waals surface area contributed by atoms with E-state index >= 15 is 0 Å². The molecule has 2 rings (SSSR count). The zero-order chi connectivity index (χ0) is 14.0. The summed E-state index contributed by atoms with van der Waals surface area (Å²) in [7, 11) is 2.09. The Bertz CT molecular complexity index is 566. The third kappa shape index (κ3) is 3.81. The van der Waals surface area contributed by atoms with Crippen molar-refractivity contribution in [2.75, 3.05) is 11.9 Å². The molecule has 0 aliphatic rings. The van der Waals surface area contributed by atoms with Gasteiger partial charge in [-0.1, -0.05) is 6.07 Å². The molecule has 0 saturated heterocycles. The third-order valence-electron chi connectivity index (χ3n) is 2.95. The number of hydrogen-bond acceptors (Lipinski definition) is 3. The average molecular weight is 404 g/mol. The first kappa shape index (κ1) is 15.0. The van der Waals surface area contributed by atoms with Crippen molar-refractivity contribution in [2.45, 2.75) is 19.5 Å². The quantitative estimate of drug-likeness (QED) is 0.783. The fraction of sp³-hybridized carbons (Fsp3) is 0.286. The van der Waals surface area contributed by atoms with Crippen molar-refractivity contribution in [1.29, 1.82) is 0 Å². The molecule has 0 saturated carbocycles. The predicted molar refractivity (Wildman–Crippen MR) is 90.9 cm³/mol. The molecule has 2 N–H and O–H groups in total. The van der Waals surface area contributed by atoms with Crippen molar-refractivity contribution >= 4 is 48.9 Å². The molecule has 0 aliphatic carbocycles. The minimum absolute atomic E-state index is 0.0588. The van der Waals surface area contributed by atoms with E-state index in [4.69, 9.17) is 5.73 Å². The van der Waals surface area contributed by atoms with E-state index < -0.39 is 0 Å². The van der Waals surface area contributed by atoms with E-state index in [0.29, 0.717) is 0 Å². The smallest absolute Gasteiger partial charge is 0.0701 e. The molecule has 0 unspecified atom stereocenters. The van der Waals surface area contributed by atoms with Crippen LogP contribution in [0.1, 0.15) is 24.1 Å². The van der Waals surface area contributed by atoms with Gasteiger partial charge in [0.25, 0.3) is 0 Å². The van der Waals surface area contributed by atoms with Crippen LogP contribution in [0.3, 0.4) is 0 Å². The Labute approximate surface area is 134 Å². The number of benzene rings is 1. The Kier molecular flexibility index (Phi) is 5.06. The summed E-state index contributed by atoms with van der Waals surface area (Å²) in [5, 5.41) is 2.17. The molecular weight excluding hydrogens is 388 g/mol. The normalized spacial score (nSPS) is 12.5. The molecule has 1 aromatic heterocycles. The molecule has 2 aromatic rings. The molecule has 5 heteroatoms. The Balaban J connectivity index is 2.17. The van der Waals surface area contributed by atoms with Gasteiger partial charge in [0.2, 0.25) is 0 Å². The largest absolute Gasteiger partial charge is 0.369 e. The molecule has 2 nitrogen and oxygen atoms in total. The van der Waals surface area contributed by atoms with Gasteiger partial charge in [-0.3, -0.25) is 0 Å². The first-order valence-electron chi connectivity index (χ1n) is 5.96. The van der Waals surface area contributed by atoms with Crippen LogP contribution in [0.4, 0.5) is 5.69 Å². The summed E-state index contributed by atoms with van der Waals surface area (Å²) in [6.07, 6.45) is 0. The highest BCUT2D eigenvalue weighted by Crippen LogP contribution is 2.30. The van der Waals surface area contributed by atoms with E-state index in [9.17, 15) is 0 Å². The summed E-state index contributed by atoms with van der Waals surface area (Å²) in [4.78, 5) is 2.23. The van der Waals surface area contributed by atoms with Gasteiger partial charge in [0, 0.05) is 24.1 Å². The molecule has 1 aromatic carbocycles. The summed E-state index contributed by atoms with van der Waals surface area (Å²) < 4.78 is 2.25. The lowest BCUT2D eigenvalue weighted by Gasteiger charge is -2.21. The van der Waals surface area contributed by atoms with Crippen molar-refractivity contribution in [2.24, 2.45) is 5.73 Å². The van der Waals surface area contributed by atoms with Gasteiger partial charge >= 0.3 is 0 Å². The Hall–Kier alpha value is -0.360. The summed E-state index contributed by atoms with van der Waals surface area (Å²) in [6, 6.07) is 8.52. The predicted octanol–water partition coefficient (Wildman–Crippen LogP) is 4.93. The Morgan fingerprint density at radius 1 is 1.32 bits per heavy atom. The van der Waals surface area contributed by atoms with Gasteiger partial charge in [-0.25, -0.2) is 0 Å². The van der Waals surface area contributed by atoms with Gasteiger partial charge in [-0.2, -0.15) is 0 Å². The van der Waals surface area contributed by atoms with Crippen LogP contribution in [-0.2, 0) is 6.54 Å². The highest BCUT2D eigenvalue weighted by Gasteiger charge is 2.09.